The van der Waals surface area contributed by atoms with Crippen LogP contribution in [-0.2, 0) is 17.8 Å². The molecule has 2 aromatic rings. The van der Waals surface area contributed by atoms with E-state index in [-0.39, 0.29) is 0 Å². The van der Waals surface area contributed by atoms with Crippen LogP contribution in [-0.4, -0.2) is 24.8 Å². The molecule has 2 rings (SSSR count). The van der Waals surface area contributed by atoms with E-state index in [9.17, 15) is 0 Å². The summed E-state index contributed by atoms with van der Waals surface area (Å²) in [5.41, 5.74) is 2.36. The van der Waals surface area contributed by atoms with Gasteiger partial charge in [-0.2, -0.15) is 0 Å². The van der Waals surface area contributed by atoms with Crippen LogP contribution in [0.3, 0.4) is 0 Å². The molecule has 0 bridgehead atoms. The Balaban J connectivity index is 1.99. The quantitative estimate of drug-likeness (QED) is 0.791. The Kier molecular flexibility index (Phi) is 5.92. The smallest absolute Gasteiger partial charge is 0.0595 e. The van der Waals surface area contributed by atoms with Crippen molar-refractivity contribution in [3.8, 4) is 0 Å². The number of benzene rings is 1. The predicted molar refractivity (Wildman–Crippen MR) is 83.6 cm³/mol. The molecule has 1 heterocycles. The van der Waals surface area contributed by atoms with Crippen molar-refractivity contribution in [1.29, 1.82) is 0 Å². The van der Waals surface area contributed by atoms with Gasteiger partial charge in [-0.25, -0.2) is 0 Å². The SMILES string of the molecule is COCCNCc1cccn1Cc1ccc(Cl)c(Cl)c1. The average Bonchev–Trinajstić information content (AvgIpc) is 2.86. The second kappa shape index (κ2) is 7.70. The van der Waals surface area contributed by atoms with Crippen LogP contribution >= 0.6 is 23.2 Å². The van der Waals surface area contributed by atoms with E-state index in [1.54, 1.807) is 7.11 Å². The topological polar surface area (TPSA) is 26.2 Å². The van der Waals surface area contributed by atoms with Gasteiger partial charge in [-0.05, 0) is 29.8 Å². The molecule has 0 unspecified atom stereocenters. The number of aromatic nitrogens is 1. The van der Waals surface area contributed by atoms with Crippen LogP contribution < -0.4 is 5.32 Å². The molecular weight excluding hydrogens is 295 g/mol. The van der Waals surface area contributed by atoms with Crippen molar-refractivity contribution in [2.24, 2.45) is 0 Å². The van der Waals surface area contributed by atoms with Gasteiger partial charge in [0.1, 0.15) is 0 Å². The Labute approximate surface area is 129 Å². The molecule has 1 N–H and O–H groups in total. The molecule has 1 aromatic heterocycles. The van der Waals surface area contributed by atoms with E-state index < -0.39 is 0 Å². The largest absolute Gasteiger partial charge is 0.383 e. The molecule has 0 amide bonds. The fourth-order valence-corrected chi connectivity index (χ4v) is 2.31. The molecule has 0 radical (unpaired) electrons. The third kappa shape index (κ3) is 4.25. The molecule has 3 nitrogen and oxygen atoms in total. The summed E-state index contributed by atoms with van der Waals surface area (Å²) in [6.07, 6.45) is 2.07. The van der Waals surface area contributed by atoms with Gasteiger partial charge in [-0.1, -0.05) is 29.3 Å². The van der Waals surface area contributed by atoms with Crippen LogP contribution in [0.4, 0.5) is 0 Å². The number of methoxy groups -OCH3 is 1. The lowest BCUT2D eigenvalue weighted by Gasteiger charge is -2.11. The molecule has 5 heteroatoms. The number of hydrogen-bond donors (Lipinski definition) is 1. The highest BCUT2D eigenvalue weighted by molar-refractivity contribution is 6.42. The normalized spacial score (nSPS) is 10.9. The van der Waals surface area contributed by atoms with Crippen molar-refractivity contribution >= 4 is 23.2 Å². The Morgan fingerprint density at radius 1 is 1.20 bits per heavy atom. The third-order valence-corrected chi connectivity index (χ3v) is 3.79. The monoisotopic (exact) mass is 312 g/mol. The van der Waals surface area contributed by atoms with Crippen molar-refractivity contribution in [2.75, 3.05) is 20.3 Å². The molecular formula is C15H18Cl2N2O. The molecule has 1 aromatic carbocycles. The standard InChI is InChI=1S/C15H18Cl2N2O/c1-20-8-6-18-10-13-3-2-7-19(13)11-12-4-5-14(16)15(17)9-12/h2-5,7,9,18H,6,8,10-11H2,1H3. The highest BCUT2D eigenvalue weighted by Gasteiger charge is 2.04. The summed E-state index contributed by atoms with van der Waals surface area (Å²) in [4.78, 5) is 0. The first kappa shape index (κ1) is 15.4. The molecule has 0 aliphatic rings. The molecule has 0 atom stereocenters. The molecule has 0 saturated heterocycles. The van der Waals surface area contributed by atoms with Crippen LogP contribution in [0.25, 0.3) is 0 Å². The fourth-order valence-electron chi connectivity index (χ4n) is 1.99. The fraction of sp³-hybridized carbons (Fsp3) is 0.333. The lowest BCUT2D eigenvalue weighted by Crippen LogP contribution is -2.20. The van der Waals surface area contributed by atoms with E-state index in [0.717, 1.165) is 25.2 Å². The predicted octanol–water partition coefficient (Wildman–Crippen LogP) is 3.58. The number of nitrogens with zero attached hydrogens (tertiary/aromatic N) is 1. The van der Waals surface area contributed by atoms with Gasteiger partial charge in [0.2, 0.25) is 0 Å². The number of ether oxygens (including phenoxy) is 1. The third-order valence-electron chi connectivity index (χ3n) is 3.05. The van der Waals surface area contributed by atoms with Crippen molar-refractivity contribution < 1.29 is 4.74 Å². The number of halogens is 2. The first-order chi connectivity index (χ1) is 9.70. The van der Waals surface area contributed by atoms with E-state index in [0.29, 0.717) is 16.7 Å². The van der Waals surface area contributed by atoms with Gasteiger partial charge in [0, 0.05) is 38.6 Å². The van der Waals surface area contributed by atoms with Crippen LogP contribution in [0, 0.1) is 0 Å². The van der Waals surface area contributed by atoms with Crippen LogP contribution in [0.5, 0.6) is 0 Å². The highest BCUT2D eigenvalue weighted by Crippen LogP contribution is 2.23. The molecule has 20 heavy (non-hydrogen) atoms. The molecule has 0 aliphatic heterocycles. The first-order valence-corrected chi connectivity index (χ1v) is 7.24. The van der Waals surface area contributed by atoms with Gasteiger partial charge in [-0.15, -0.1) is 0 Å². The van der Waals surface area contributed by atoms with Gasteiger partial charge in [0.25, 0.3) is 0 Å². The Bertz CT molecular complexity index is 555. The summed E-state index contributed by atoms with van der Waals surface area (Å²) in [6, 6.07) is 9.89. The van der Waals surface area contributed by atoms with Gasteiger partial charge >= 0.3 is 0 Å². The highest BCUT2D eigenvalue weighted by atomic mass is 35.5. The molecule has 108 valence electrons. The van der Waals surface area contributed by atoms with Crippen LogP contribution in [0.1, 0.15) is 11.3 Å². The van der Waals surface area contributed by atoms with Crippen LogP contribution in [0.2, 0.25) is 10.0 Å². The molecule has 0 spiro atoms. The summed E-state index contributed by atoms with van der Waals surface area (Å²) in [5, 5.41) is 4.52. The number of nitrogens with one attached hydrogen (secondary N) is 1. The second-order valence-electron chi connectivity index (χ2n) is 4.55. The van der Waals surface area contributed by atoms with Gasteiger partial charge in [-0.3, -0.25) is 0 Å². The second-order valence-corrected chi connectivity index (χ2v) is 5.36. The minimum Gasteiger partial charge on any atom is -0.383 e. The summed E-state index contributed by atoms with van der Waals surface area (Å²) in [5.74, 6) is 0. The minimum absolute atomic E-state index is 0.587. The lowest BCUT2D eigenvalue weighted by atomic mass is 10.2. The maximum absolute atomic E-state index is 6.04. The number of hydrogen-bond acceptors (Lipinski definition) is 2. The molecule has 0 fully saturated rings. The van der Waals surface area contributed by atoms with Crippen molar-refractivity contribution in [1.82, 2.24) is 9.88 Å². The van der Waals surface area contributed by atoms with E-state index in [2.05, 4.69) is 22.1 Å². The Morgan fingerprint density at radius 2 is 2.05 bits per heavy atom. The Morgan fingerprint density at radius 3 is 2.80 bits per heavy atom. The number of rotatable bonds is 7. The van der Waals surface area contributed by atoms with Gasteiger partial charge < -0.3 is 14.6 Å². The summed E-state index contributed by atoms with van der Waals surface area (Å²) in [7, 11) is 1.70. The summed E-state index contributed by atoms with van der Waals surface area (Å²) >= 11 is 12.0. The summed E-state index contributed by atoms with van der Waals surface area (Å²) in [6.45, 7) is 3.16. The van der Waals surface area contributed by atoms with E-state index in [1.807, 2.05) is 24.3 Å². The lowest BCUT2D eigenvalue weighted by molar-refractivity contribution is 0.199. The minimum atomic E-state index is 0.587. The van der Waals surface area contributed by atoms with E-state index in [1.165, 1.54) is 5.69 Å². The molecule has 0 aliphatic carbocycles. The van der Waals surface area contributed by atoms with E-state index in [4.69, 9.17) is 27.9 Å². The van der Waals surface area contributed by atoms with Crippen molar-refractivity contribution in [3.05, 3.63) is 57.8 Å². The first-order valence-electron chi connectivity index (χ1n) is 6.48. The zero-order valence-electron chi connectivity index (χ0n) is 11.4. The zero-order chi connectivity index (χ0) is 14.4. The zero-order valence-corrected chi connectivity index (χ0v) is 12.9. The van der Waals surface area contributed by atoms with E-state index >= 15 is 0 Å². The Hall–Kier alpha value is -1.000. The van der Waals surface area contributed by atoms with Crippen molar-refractivity contribution in [3.63, 3.8) is 0 Å². The molecule has 0 saturated carbocycles. The maximum Gasteiger partial charge on any atom is 0.0595 e. The van der Waals surface area contributed by atoms with Crippen molar-refractivity contribution in [2.45, 2.75) is 13.1 Å². The maximum atomic E-state index is 6.04. The average molecular weight is 313 g/mol. The summed E-state index contributed by atoms with van der Waals surface area (Å²) < 4.78 is 7.21. The van der Waals surface area contributed by atoms with Crippen LogP contribution in [0.15, 0.2) is 36.5 Å². The van der Waals surface area contributed by atoms with Gasteiger partial charge in [0.05, 0.1) is 16.7 Å². The van der Waals surface area contributed by atoms with Gasteiger partial charge in [0.15, 0.2) is 0 Å².